The smallest absolute Gasteiger partial charge is 0.110 e. The van der Waals surface area contributed by atoms with Crippen LogP contribution >= 0.6 is 11.6 Å². The fourth-order valence-corrected chi connectivity index (χ4v) is 1.39. The van der Waals surface area contributed by atoms with Gasteiger partial charge in [-0.3, -0.25) is 4.98 Å². The molecule has 2 heterocycles. The van der Waals surface area contributed by atoms with E-state index in [1.54, 1.807) is 12.4 Å². The average molecular weight is 196 g/mol. The van der Waals surface area contributed by atoms with E-state index in [0.29, 0.717) is 10.9 Å². The first kappa shape index (κ1) is 8.51. The molecule has 0 aliphatic rings. The lowest BCUT2D eigenvalue weighted by Gasteiger charge is -1.95. The van der Waals surface area contributed by atoms with Crippen LogP contribution < -0.4 is 0 Å². The molecule has 0 spiro atoms. The lowest BCUT2D eigenvalue weighted by Crippen LogP contribution is -1.88. The van der Waals surface area contributed by atoms with Crippen molar-refractivity contribution in [2.45, 2.75) is 19.8 Å². The number of aromatic nitrogens is 3. The summed E-state index contributed by atoms with van der Waals surface area (Å²) in [6, 6.07) is 0. The van der Waals surface area contributed by atoms with Crippen molar-refractivity contribution in [3.05, 3.63) is 23.2 Å². The van der Waals surface area contributed by atoms with Gasteiger partial charge in [-0.25, -0.2) is 4.98 Å². The molecule has 0 saturated carbocycles. The van der Waals surface area contributed by atoms with Crippen LogP contribution in [0, 0.1) is 0 Å². The number of halogens is 1. The highest BCUT2D eigenvalue weighted by atomic mass is 35.5. The third-order valence-electron chi connectivity index (χ3n) is 1.91. The quantitative estimate of drug-likeness (QED) is 0.760. The maximum Gasteiger partial charge on any atom is 0.110 e. The Balaban J connectivity index is 2.68. The van der Waals surface area contributed by atoms with Crippen LogP contribution in [0.25, 0.3) is 11.0 Å². The van der Waals surface area contributed by atoms with Crippen molar-refractivity contribution in [1.29, 1.82) is 0 Å². The van der Waals surface area contributed by atoms with Gasteiger partial charge in [0.2, 0.25) is 0 Å². The highest BCUT2D eigenvalue weighted by Gasteiger charge is 2.08. The summed E-state index contributed by atoms with van der Waals surface area (Å²) in [6.45, 7) is 4.16. The number of pyridine rings is 1. The predicted molar refractivity (Wildman–Crippen MR) is 53.0 cm³/mol. The van der Waals surface area contributed by atoms with Gasteiger partial charge < -0.3 is 4.98 Å². The molecule has 0 amide bonds. The largest absolute Gasteiger partial charge is 0.340 e. The third kappa shape index (κ3) is 1.40. The minimum atomic E-state index is 0.378. The number of fused-ring (bicyclic) bond motifs is 1. The molecule has 2 aromatic heterocycles. The normalized spacial score (nSPS) is 11.4. The first-order chi connectivity index (χ1) is 6.18. The Labute approximate surface area is 81.2 Å². The average Bonchev–Trinajstić information content (AvgIpc) is 2.49. The summed E-state index contributed by atoms with van der Waals surface area (Å²) in [6.07, 6.45) is 3.34. The van der Waals surface area contributed by atoms with Crippen LogP contribution in [0.15, 0.2) is 12.4 Å². The minimum absolute atomic E-state index is 0.378. The van der Waals surface area contributed by atoms with E-state index < -0.39 is 0 Å². The number of imidazole rings is 1. The first-order valence-corrected chi connectivity index (χ1v) is 4.55. The van der Waals surface area contributed by atoms with Crippen LogP contribution in [0.1, 0.15) is 25.6 Å². The molecule has 4 heteroatoms. The molecule has 2 rings (SSSR count). The molecule has 68 valence electrons. The van der Waals surface area contributed by atoms with Gasteiger partial charge in [-0.05, 0) is 0 Å². The van der Waals surface area contributed by atoms with Gasteiger partial charge in [0, 0.05) is 12.1 Å². The molecular weight excluding hydrogens is 186 g/mol. The summed E-state index contributed by atoms with van der Waals surface area (Å²) in [5.41, 5.74) is 1.71. The summed E-state index contributed by atoms with van der Waals surface area (Å²) < 4.78 is 0. The molecule has 3 nitrogen and oxygen atoms in total. The summed E-state index contributed by atoms with van der Waals surface area (Å²) in [4.78, 5) is 11.5. The van der Waals surface area contributed by atoms with E-state index in [-0.39, 0.29) is 0 Å². The van der Waals surface area contributed by atoms with Crippen molar-refractivity contribution >= 4 is 22.6 Å². The maximum atomic E-state index is 5.93. The van der Waals surface area contributed by atoms with Crippen LogP contribution in [-0.4, -0.2) is 15.0 Å². The molecule has 0 aliphatic carbocycles. The SMILES string of the molecule is CC(C)c1nc2c(Cl)cncc2[nH]1. The lowest BCUT2D eigenvalue weighted by molar-refractivity contribution is 0.799. The Kier molecular flexibility index (Phi) is 1.96. The van der Waals surface area contributed by atoms with Crippen LogP contribution in [0.5, 0.6) is 0 Å². The Hall–Kier alpha value is -1.09. The van der Waals surface area contributed by atoms with Gasteiger partial charge in [0.15, 0.2) is 0 Å². The Morgan fingerprint density at radius 1 is 1.38 bits per heavy atom. The zero-order valence-corrected chi connectivity index (χ0v) is 8.26. The Morgan fingerprint density at radius 3 is 2.77 bits per heavy atom. The molecule has 0 aliphatic heterocycles. The monoisotopic (exact) mass is 195 g/mol. The Morgan fingerprint density at radius 2 is 2.15 bits per heavy atom. The summed E-state index contributed by atoms with van der Waals surface area (Å²) in [5, 5.41) is 0.598. The lowest BCUT2D eigenvalue weighted by atomic mass is 10.2. The van der Waals surface area contributed by atoms with Gasteiger partial charge in [0.05, 0.1) is 16.7 Å². The summed E-state index contributed by atoms with van der Waals surface area (Å²) in [5.74, 6) is 1.33. The van der Waals surface area contributed by atoms with Crippen LogP contribution in [-0.2, 0) is 0 Å². The van der Waals surface area contributed by atoms with E-state index in [1.807, 2.05) is 0 Å². The molecule has 2 aromatic rings. The highest BCUT2D eigenvalue weighted by molar-refractivity contribution is 6.34. The highest BCUT2D eigenvalue weighted by Crippen LogP contribution is 2.22. The molecule has 1 N–H and O–H groups in total. The molecule has 0 aromatic carbocycles. The van der Waals surface area contributed by atoms with Crippen molar-refractivity contribution in [1.82, 2.24) is 15.0 Å². The van der Waals surface area contributed by atoms with E-state index in [2.05, 4.69) is 28.8 Å². The van der Waals surface area contributed by atoms with Gasteiger partial charge in [-0.1, -0.05) is 25.4 Å². The summed E-state index contributed by atoms with van der Waals surface area (Å²) >= 11 is 5.93. The fourth-order valence-electron chi connectivity index (χ4n) is 1.19. The van der Waals surface area contributed by atoms with Gasteiger partial charge in [0.25, 0.3) is 0 Å². The van der Waals surface area contributed by atoms with Crippen molar-refractivity contribution in [2.24, 2.45) is 0 Å². The standard InChI is InChI=1S/C9H10ClN3/c1-5(2)9-12-7-4-11-3-6(10)8(7)13-9/h3-5H,1-2H3,(H,12,13). The number of rotatable bonds is 1. The maximum absolute atomic E-state index is 5.93. The number of nitrogens with one attached hydrogen (secondary N) is 1. The second-order valence-corrected chi connectivity index (χ2v) is 3.70. The molecule has 0 fully saturated rings. The molecule has 0 atom stereocenters. The minimum Gasteiger partial charge on any atom is -0.340 e. The number of H-pyrrole nitrogens is 1. The van der Waals surface area contributed by atoms with Crippen molar-refractivity contribution in [3.63, 3.8) is 0 Å². The second kappa shape index (κ2) is 3.00. The molecule has 0 radical (unpaired) electrons. The second-order valence-electron chi connectivity index (χ2n) is 3.29. The van der Waals surface area contributed by atoms with E-state index in [4.69, 9.17) is 11.6 Å². The van der Waals surface area contributed by atoms with E-state index in [1.165, 1.54) is 0 Å². The number of nitrogens with zero attached hydrogens (tertiary/aromatic N) is 2. The topological polar surface area (TPSA) is 41.6 Å². The number of aromatic amines is 1. The van der Waals surface area contributed by atoms with Crippen molar-refractivity contribution < 1.29 is 0 Å². The molecule has 0 bridgehead atoms. The molecular formula is C9H10ClN3. The number of hydrogen-bond donors (Lipinski definition) is 1. The Bertz CT molecular complexity index is 433. The molecule has 0 unspecified atom stereocenters. The molecule has 0 saturated heterocycles. The zero-order chi connectivity index (χ0) is 9.42. The van der Waals surface area contributed by atoms with Crippen LogP contribution in [0.4, 0.5) is 0 Å². The first-order valence-electron chi connectivity index (χ1n) is 4.17. The zero-order valence-electron chi connectivity index (χ0n) is 7.50. The van der Waals surface area contributed by atoms with Gasteiger partial charge in [-0.15, -0.1) is 0 Å². The van der Waals surface area contributed by atoms with E-state index in [0.717, 1.165) is 16.9 Å². The van der Waals surface area contributed by atoms with Gasteiger partial charge >= 0.3 is 0 Å². The van der Waals surface area contributed by atoms with Crippen molar-refractivity contribution in [3.8, 4) is 0 Å². The van der Waals surface area contributed by atoms with Crippen molar-refractivity contribution in [2.75, 3.05) is 0 Å². The van der Waals surface area contributed by atoms with Crippen LogP contribution in [0.3, 0.4) is 0 Å². The predicted octanol–water partition coefficient (Wildman–Crippen LogP) is 2.73. The van der Waals surface area contributed by atoms with E-state index >= 15 is 0 Å². The van der Waals surface area contributed by atoms with Crippen LogP contribution in [0.2, 0.25) is 5.02 Å². The van der Waals surface area contributed by atoms with Gasteiger partial charge in [0.1, 0.15) is 11.3 Å². The fraction of sp³-hybridized carbons (Fsp3) is 0.333. The number of hydrogen-bond acceptors (Lipinski definition) is 2. The molecule has 13 heavy (non-hydrogen) atoms. The van der Waals surface area contributed by atoms with Gasteiger partial charge in [-0.2, -0.15) is 0 Å². The third-order valence-corrected chi connectivity index (χ3v) is 2.19. The summed E-state index contributed by atoms with van der Waals surface area (Å²) in [7, 11) is 0. The van der Waals surface area contributed by atoms with E-state index in [9.17, 15) is 0 Å².